The van der Waals surface area contributed by atoms with Crippen LogP contribution in [-0.4, -0.2) is 26.0 Å². The molecule has 2 rings (SSSR count). The monoisotopic (exact) mass is 222 g/mol. The number of nitrogens with zero attached hydrogens (tertiary/aromatic N) is 2. The van der Waals surface area contributed by atoms with E-state index in [0.29, 0.717) is 5.82 Å². The Morgan fingerprint density at radius 2 is 1.87 bits per heavy atom. The second kappa shape index (κ2) is 3.86. The third-order valence-electron chi connectivity index (χ3n) is 2.02. The third kappa shape index (κ3) is 1.78. The second-order valence-corrected chi connectivity index (χ2v) is 3.82. The third-order valence-corrected chi connectivity index (χ3v) is 2.75. The first kappa shape index (κ1) is 9.92. The fraction of sp³-hybridized carbons (Fsp3) is 0.100. The van der Waals surface area contributed by atoms with Crippen molar-refractivity contribution in [2.24, 2.45) is 0 Å². The molecular weight excluding hydrogens is 212 g/mol. The van der Waals surface area contributed by atoms with Gasteiger partial charge in [-0.15, -0.1) is 11.8 Å². The van der Waals surface area contributed by atoms with E-state index in [1.54, 1.807) is 24.0 Å². The van der Waals surface area contributed by atoms with Crippen LogP contribution in [0.1, 0.15) is 0 Å². The lowest BCUT2D eigenvalue weighted by atomic mass is 10.4. The molecule has 0 amide bonds. The maximum atomic E-state index is 9.50. The SMILES string of the molecule is CSc1ccnc(-n2c(O)ccc2O)c1. The summed E-state index contributed by atoms with van der Waals surface area (Å²) < 4.78 is 1.28. The van der Waals surface area contributed by atoms with Gasteiger partial charge in [0, 0.05) is 23.2 Å². The van der Waals surface area contributed by atoms with Gasteiger partial charge in [-0.3, -0.25) is 0 Å². The average molecular weight is 222 g/mol. The maximum Gasteiger partial charge on any atom is 0.199 e. The number of thioether (sulfide) groups is 1. The van der Waals surface area contributed by atoms with Crippen LogP contribution in [0.25, 0.3) is 5.82 Å². The predicted molar refractivity (Wildman–Crippen MR) is 58.7 cm³/mol. The summed E-state index contributed by atoms with van der Waals surface area (Å²) in [7, 11) is 0. The number of aromatic nitrogens is 2. The summed E-state index contributed by atoms with van der Waals surface area (Å²) in [5.74, 6) is 0.443. The molecule has 78 valence electrons. The van der Waals surface area contributed by atoms with E-state index in [-0.39, 0.29) is 11.8 Å². The number of rotatable bonds is 2. The fourth-order valence-electron chi connectivity index (χ4n) is 1.30. The quantitative estimate of drug-likeness (QED) is 0.763. The van der Waals surface area contributed by atoms with Crippen LogP contribution in [0.2, 0.25) is 0 Å². The van der Waals surface area contributed by atoms with E-state index in [1.807, 2.05) is 12.3 Å². The van der Waals surface area contributed by atoms with Crippen molar-refractivity contribution in [3.8, 4) is 17.6 Å². The van der Waals surface area contributed by atoms with Gasteiger partial charge in [0.25, 0.3) is 0 Å². The molecule has 0 aliphatic rings. The average Bonchev–Trinajstić information content (AvgIpc) is 2.59. The summed E-state index contributed by atoms with van der Waals surface area (Å²) in [5.41, 5.74) is 0. The number of hydrogen-bond donors (Lipinski definition) is 2. The highest BCUT2D eigenvalue weighted by molar-refractivity contribution is 7.98. The molecule has 0 saturated heterocycles. The van der Waals surface area contributed by atoms with E-state index in [4.69, 9.17) is 0 Å². The summed E-state index contributed by atoms with van der Waals surface area (Å²) in [6.07, 6.45) is 3.59. The van der Waals surface area contributed by atoms with Crippen LogP contribution in [0.15, 0.2) is 35.4 Å². The highest BCUT2D eigenvalue weighted by Crippen LogP contribution is 2.26. The minimum atomic E-state index is -0.0294. The molecule has 0 aliphatic heterocycles. The van der Waals surface area contributed by atoms with Crippen molar-refractivity contribution >= 4 is 11.8 Å². The molecule has 5 heteroatoms. The zero-order valence-electron chi connectivity index (χ0n) is 8.08. The second-order valence-electron chi connectivity index (χ2n) is 2.94. The highest BCUT2D eigenvalue weighted by atomic mass is 32.2. The molecule has 0 bridgehead atoms. The first-order chi connectivity index (χ1) is 7.22. The first-order valence-electron chi connectivity index (χ1n) is 4.32. The van der Waals surface area contributed by atoms with Crippen molar-refractivity contribution in [2.75, 3.05) is 6.26 Å². The van der Waals surface area contributed by atoms with Gasteiger partial charge in [-0.25, -0.2) is 9.55 Å². The minimum absolute atomic E-state index is 0.0294. The fourth-order valence-corrected chi connectivity index (χ4v) is 1.72. The van der Waals surface area contributed by atoms with E-state index in [9.17, 15) is 10.2 Å². The van der Waals surface area contributed by atoms with Crippen LogP contribution in [0.3, 0.4) is 0 Å². The standard InChI is InChI=1S/C10H10N2O2S/c1-15-7-4-5-11-8(6-7)12-9(13)2-3-10(12)14/h2-6,13-14H,1H3. The maximum absolute atomic E-state index is 9.50. The Bertz CT molecular complexity index is 463. The van der Waals surface area contributed by atoms with E-state index in [2.05, 4.69) is 4.98 Å². The molecule has 0 fully saturated rings. The van der Waals surface area contributed by atoms with Gasteiger partial charge < -0.3 is 10.2 Å². The molecule has 2 heterocycles. The van der Waals surface area contributed by atoms with Crippen LogP contribution in [0.5, 0.6) is 11.8 Å². The molecule has 0 radical (unpaired) electrons. The summed E-state index contributed by atoms with van der Waals surface area (Å²) in [4.78, 5) is 5.10. The van der Waals surface area contributed by atoms with E-state index >= 15 is 0 Å². The van der Waals surface area contributed by atoms with Gasteiger partial charge in [-0.05, 0) is 18.4 Å². The lowest BCUT2D eigenvalue weighted by molar-refractivity contribution is 0.400. The Kier molecular flexibility index (Phi) is 2.55. The van der Waals surface area contributed by atoms with Gasteiger partial charge in [0.1, 0.15) is 5.82 Å². The van der Waals surface area contributed by atoms with Gasteiger partial charge in [0.2, 0.25) is 0 Å². The molecule has 0 unspecified atom stereocenters. The summed E-state index contributed by atoms with van der Waals surface area (Å²) in [6, 6.07) is 6.50. The molecule has 15 heavy (non-hydrogen) atoms. The molecule has 2 aromatic rings. The zero-order chi connectivity index (χ0) is 10.8. The summed E-state index contributed by atoms with van der Waals surface area (Å²) in [6.45, 7) is 0. The number of aromatic hydroxyl groups is 2. The molecule has 0 spiro atoms. The first-order valence-corrected chi connectivity index (χ1v) is 5.55. The highest BCUT2D eigenvalue weighted by Gasteiger charge is 2.09. The lowest BCUT2D eigenvalue weighted by Crippen LogP contribution is -1.95. The van der Waals surface area contributed by atoms with Crippen molar-refractivity contribution in [2.45, 2.75) is 4.90 Å². The van der Waals surface area contributed by atoms with Gasteiger partial charge in [-0.2, -0.15) is 0 Å². The predicted octanol–water partition coefficient (Wildman–Crippen LogP) is 2.01. The Labute approximate surface area is 91.2 Å². The van der Waals surface area contributed by atoms with Crippen molar-refractivity contribution < 1.29 is 10.2 Å². The Balaban J connectivity index is 2.53. The lowest BCUT2D eigenvalue weighted by Gasteiger charge is -2.06. The molecule has 0 saturated carbocycles. The Morgan fingerprint density at radius 3 is 2.47 bits per heavy atom. The molecule has 4 nitrogen and oxygen atoms in total. The molecule has 2 N–H and O–H groups in total. The summed E-state index contributed by atoms with van der Waals surface area (Å²) in [5, 5.41) is 19.0. The number of pyridine rings is 1. The van der Waals surface area contributed by atoms with Crippen LogP contribution in [0.4, 0.5) is 0 Å². The number of hydrogen-bond acceptors (Lipinski definition) is 4. The van der Waals surface area contributed by atoms with Crippen LogP contribution >= 0.6 is 11.8 Å². The normalized spacial score (nSPS) is 10.5. The molecule has 0 aliphatic carbocycles. The molecule has 0 atom stereocenters. The van der Waals surface area contributed by atoms with Gasteiger partial charge in [0.05, 0.1) is 0 Å². The van der Waals surface area contributed by atoms with Crippen molar-refractivity contribution in [3.05, 3.63) is 30.5 Å². The largest absolute Gasteiger partial charge is 0.494 e. The Hall–Kier alpha value is -1.62. The zero-order valence-corrected chi connectivity index (χ0v) is 8.90. The van der Waals surface area contributed by atoms with E-state index in [0.717, 1.165) is 4.90 Å². The van der Waals surface area contributed by atoms with Crippen molar-refractivity contribution in [1.29, 1.82) is 0 Å². The van der Waals surface area contributed by atoms with Crippen molar-refractivity contribution in [1.82, 2.24) is 9.55 Å². The Morgan fingerprint density at radius 1 is 1.20 bits per heavy atom. The molecular formula is C10H10N2O2S. The molecule has 0 aromatic carbocycles. The minimum Gasteiger partial charge on any atom is -0.494 e. The van der Waals surface area contributed by atoms with E-state index in [1.165, 1.54) is 16.7 Å². The van der Waals surface area contributed by atoms with Gasteiger partial charge in [0.15, 0.2) is 11.8 Å². The van der Waals surface area contributed by atoms with Crippen LogP contribution in [0, 0.1) is 0 Å². The van der Waals surface area contributed by atoms with Gasteiger partial charge >= 0.3 is 0 Å². The van der Waals surface area contributed by atoms with Crippen molar-refractivity contribution in [3.63, 3.8) is 0 Å². The molecule has 2 aromatic heterocycles. The van der Waals surface area contributed by atoms with E-state index < -0.39 is 0 Å². The topological polar surface area (TPSA) is 58.3 Å². The smallest absolute Gasteiger partial charge is 0.199 e. The summed E-state index contributed by atoms with van der Waals surface area (Å²) >= 11 is 1.58. The van der Waals surface area contributed by atoms with Crippen LogP contribution < -0.4 is 0 Å². The van der Waals surface area contributed by atoms with Gasteiger partial charge in [-0.1, -0.05) is 0 Å². The van der Waals surface area contributed by atoms with Crippen LogP contribution in [-0.2, 0) is 0 Å².